The molecule has 0 atom stereocenters. The summed E-state index contributed by atoms with van der Waals surface area (Å²) >= 11 is 0. The molecule has 54 heavy (non-hydrogen) atoms. The molecule has 3 aromatic heterocycles. The average Bonchev–Trinajstić information content (AvgIpc) is 3.78. The molecule has 252 valence electrons. The van der Waals surface area contributed by atoms with Crippen molar-refractivity contribution in [3.63, 3.8) is 0 Å². The number of fused-ring (bicyclic) bond motifs is 7. The van der Waals surface area contributed by atoms with E-state index in [-0.39, 0.29) is 0 Å². The number of furan rings is 1. The molecule has 3 heterocycles. The lowest BCUT2D eigenvalue weighted by Gasteiger charge is -2.13. The Hall–Kier alpha value is -7.37. The SMILES string of the molecule is c1ccc(-c2ccc3c(c2)c2cc4ccccc4cc2n3-c2cc(-c3nc(-c4ccccc4)nc(-c4ccccc4)n3)c3c(c2)oc2ccccc23)cc1. The number of para-hydroxylation sites is 1. The summed E-state index contributed by atoms with van der Waals surface area (Å²) in [6.07, 6.45) is 0. The van der Waals surface area contributed by atoms with Gasteiger partial charge >= 0.3 is 0 Å². The summed E-state index contributed by atoms with van der Waals surface area (Å²) < 4.78 is 9.03. The van der Waals surface area contributed by atoms with E-state index in [2.05, 4.69) is 114 Å². The maximum Gasteiger partial charge on any atom is 0.164 e. The first-order chi connectivity index (χ1) is 26.7. The van der Waals surface area contributed by atoms with Crippen molar-refractivity contribution in [3.8, 4) is 51.0 Å². The van der Waals surface area contributed by atoms with E-state index in [0.717, 1.165) is 55.3 Å². The minimum atomic E-state index is 0.582. The highest BCUT2D eigenvalue weighted by Gasteiger charge is 2.22. The smallest absolute Gasteiger partial charge is 0.164 e. The van der Waals surface area contributed by atoms with Gasteiger partial charge in [-0.05, 0) is 58.3 Å². The van der Waals surface area contributed by atoms with Gasteiger partial charge in [-0.3, -0.25) is 0 Å². The van der Waals surface area contributed by atoms with Crippen LogP contribution in [0.5, 0.6) is 0 Å². The van der Waals surface area contributed by atoms with E-state index >= 15 is 0 Å². The van der Waals surface area contributed by atoms with Crippen LogP contribution in [0, 0.1) is 0 Å². The quantitative estimate of drug-likeness (QED) is 0.180. The van der Waals surface area contributed by atoms with Crippen molar-refractivity contribution in [2.45, 2.75) is 0 Å². The van der Waals surface area contributed by atoms with E-state index in [1.807, 2.05) is 72.8 Å². The lowest BCUT2D eigenvalue weighted by atomic mass is 10.0. The number of aromatic nitrogens is 4. The Kier molecular flexibility index (Phi) is 6.79. The van der Waals surface area contributed by atoms with Gasteiger partial charge in [-0.25, -0.2) is 15.0 Å². The summed E-state index contributed by atoms with van der Waals surface area (Å²) in [4.78, 5) is 15.4. The Bertz CT molecular complexity index is 3140. The fourth-order valence-electron chi connectivity index (χ4n) is 7.87. The lowest BCUT2D eigenvalue weighted by molar-refractivity contribution is 0.668. The number of nitrogens with zero attached hydrogens (tertiary/aromatic N) is 4. The molecule has 0 N–H and O–H groups in total. The second kappa shape index (κ2) is 12.1. The first kappa shape index (κ1) is 30.3. The molecule has 8 aromatic carbocycles. The second-order valence-electron chi connectivity index (χ2n) is 13.7. The molecule has 0 radical (unpaired) electrons. The zero-order valence-corrected chi connectivity index (χ0v) is 29.0. The molecule has 5 nitrogen and oxygen atoms in total. The van der Waals surface area contributed by atoms with E-state index in [0.29, 0.717) is 17.5 Å². The molecule has 0 unspecified atom stereocenters. The summed E-state index contributed by atoms with van der Waals surface area (Å²) in [5.74, 6) is 1.81. The van der Waals surface area contributed by atoms with Crippen LogP contribution in [0.3, 0.4) is 0 Å². The third-order valence-electron chi connectivity index (χ3n) is 10.4. The largest absolute Gasteiger partial charge is 0.456 e. The van der Waals surface area contributed by atoms with Crippen LogP contribution in [0.25, 0.3) is 105 Å². The normalized spacial score (nSPS) is 11.7. The number of hydrogen-bond donors (Lipinski definition) is 0. The van der Waals surface area contributed by atoms with Crippen molar-refractivity contribution in [1.29, 1.82) is 0 Å². The molecule has 0 amide bonds. The van der Waals surface area contributed by atoms with Crippen LogP contribution in [0.2, 0.25) is 0 Å². The van der Waals surface area contributed by atoms with Gasteiger partial charge in [0.1, 0.15) is 11.2 Å². The highest BCUT2D eigenvalue weighted by atomic mass is 16.3. The van der Waals surface area contributed by atoms with Gasteiger partial charge in [-0.15, -0.1) is 0 Å². The van der Waals surface area contributed by atoms with Crippen LogP contribution in [-0.4, -0.2) is 19.5 Å². The molecule has 0 spiro atoms. The molecule has 0 saturated heterocycles. The summed E-state index contributed by atoms with van der Waals surface area (Å²) in [6, 6.07) is 63.4. The monoisotopic (exact) mass is 690 g/mol. The summed E-state index contributed by atoms with van der Waals surface area (Å²) in [5.41, 5.74) is 9.84. The van der Waals surface area contributed by atoms with E-state index in [4.69, 9.17) is 19.4 Å². The number of benzene rings is 8. The van der Waals surface area contributed by atoms with Crippen LogP contribution in [0.4, 0.5) is 0 Å². The third kappa shape index (κ3) is 4.90. The topological polar surface area (TPSA) is 56.7 Å². The Morgan fingerprint density at radius 2 is 0.944 bits per heavy atom. The fraction of sp³-hybridized carbons (Fsp3) is 0. The molecule has 0 aliphatic rings. The summed E-state index contributed by atoms with van der Waals surface area (Å²) in [5, 5.41) is 6.73. The van der Waals surface area contributed by atoms with E-state index in [1.165, 1.54) is 32.7 Å². The maximum atomic E-state index is 6.67. The predicted molar refractivity (Wildman–Crippen MR) is 221 cm³/mol. The Morgan fingerprint density at radius 3 is 1.65 bits per heavy atom. The standard InChI is InChI=1S/C49H30N4O/c1-4-14-31(15-5-1)36-24-25-42-39(27-36)40-26-34-20-10-11-21-35(34)28-43(40)53(42)37-29-41(46-38-22-12-13-23-44(38)54-45(46)30-37)49-51-47(32-16-6-2-7-17-32)50-48(52-49)33-18-8-3-9-19-33/h1-30H. The highest BCUT2D eigenvalue weighted by Crippen LogP contribution is 2.42. The Balaban J connectivity index is 1.24. The molecular weight excluding hydrogens is 661 g/mol. The van der Waals surface area contributed by atoms with Crippen molar-refractivity contribution < 1.29 is 4.42 Å². The van der Waals surface area contributed by atoms with Crippen LogP contribution in [-0.2, 0) is 0 Å². The van der Waals surface area contributed by atoms with E-state index in [9.17, 15) is 0 Å². The zero-order valence-electron chi connectivity index (χ0n) is 29.0. The van der Waals surface area contributed by atoms with Gasteiger partial charge in [0.15, 0.2) is 17.5 Å². The Morgan fingerprint density at radius 1 is 0.370 bits per heavy atom. The molecule has 0 aliphatic heterocycles. The van der Waals surface area contributed by atoms with Gasteiger partial charge in [0.2, 0.25) is 0 Å². The van der Waals surface area contributed by atoms with E-state index in [1.54, 1.807) is 0 Å². The van der Waals surface area contributed by atoms with Gasteiger partial charge in [0.25, 0.3) is 0 Å². The average molecular weight is 691 g/mol. The molecule has 0 aliphatic carbocycles. The number of hydrogen-bond acceptors (Lipinski definition) is 4. The van der Waals surface area contributed by atoms with E-state index < -0.39 is 0 Å². The first-order valence-electron chi connectivity index (χ1n) is 18.1. The summed E-state index contributed by atoms with van der Waals surface area (Å²) in [7, 11) is 0. The van der Waals surface area contributed by atoms with Gasteiger partial charge in [-0.1, -0.05) is 140 Å². The lowest BCUT2D eigenvalue weighted by Crippen LogP contribution is -2.01. The first-order valence-corrected chi connectivity index (χ1v) is 18.1. The van der Waals surface area contributed by atoms with Gasteiger partial charge in [0, 0.05) is 44.3 Å². The van der Waals surface area contributed by atoms with Crippen LogP contribution in [0.1, 0.15) is 0 Å². The molecule has 11 rings (SSSR count). The highest BCUT2D eigenvalue weighted by molar-refractivity contribution is 6.16. The Labute approximate surface area is 310 Å². The molecule has 0 fully saturated rings. The fourth-order valence-corrected chi connectivity index (χ4v) is 7.87. The molecule has 5 heteroatoms. The van der Waals surface area contributed by atoms with Crippen LogP contribution >= 0.6 is 0 Å². The third-order valence-corrected chi connectivity index (χ3v) is 10.4. The molecule has 0 bridgehead atoms. The van der Waals surface area contributed by atoms with Crippen molar-refractivity contribution in [2.24, 2.45) is 0 Å². The maximum absolute atomic E-state index is 6.67. The van der Waals surface area contributed by atoms with Crippen LogP contribution < -0.4 is 0 Å². The van der Waals surface area contributed by atoms with Gasteiger partial charge in [0.05, 0.1) is 16.7 Å². The van der Waals surface area contributed by atoms with Crippen LogP contribution in [0.15, 0.2) is 186 Å². The minimum Gasteiger partial charge on any atom is -0.456 e. The van der Waals surface area contributed by atoms with Crippen molar-refractivity contribution in [2.75, 3.05) is 0 Å². The van der Waals surface area contributed by atoms with Crippen molar-refractivity contribution >= 4 is 54.5 Å². The molecular formula is C49H30N4O. The van der Waals surface area contributed by atoms with Gasteiger partial charge in [-0.2, -0.15) is 0 Å². The predicted octanol–water partition coefficient (Wildman–Crippen LogP) is 12.7. The number of rotatable bonds is 5. The summed E-state index contributed by atoms with van der Waals surface area (Å²) in [6.45, 7) is 0. The minimum absolute atomic E-state index is 0.582. The zero-order chi connectivity index (χ0) is 35.6. The van der Waals surface area contributed by atoms with Crippen molar-refractivity contribution in [1.82, 2.24) is 19.5 Å². The molecule has 11 aromatic rings. The molecule has 0 saturated carbocycles. The van der Waals surface area contributed by atoms with Gasteiger partial charge < -0.3 is 8.98 Å². The van der Waals surface area contributed by atoms with Crippen molar-refractivity contribution in [3.05, 3.63) is 182 Å². The second-order valence-corrected chi connectivity index (χ2v) is 13.7.